The molecule has 0 saturated carbocycles. The number of halogens is 1. The zero-order chi connectivity index (χ0) is 17.0. The Labute approximate surface area is 160 Å². The Morgan fingerprint density at radius 3 is 2.20 bits per heavy atom. The summed E-state index contributed by atoms with van der Waals surface area (Å²) in [4.78, 5) is 0. The Bertz CT molecular complexity index is 778. The van der Waals surface area contributed by atoms with E-state index in [1.807, 2.05) is 37.3 Å². The van der Waals surface area contributed by atoms with E-state index in [2.05, 4.69) is 28.5 Å². The van der Waals surface area contributed by atoms with Crippen LogP contribution in [0.2, 0.25) is 0 Å². The van der Waals surface area contributed by atoms with E-state index in [-0.39, 0.29) is 12.3 Å². The van der Waals surface area contributed by atoms with Gasteiger partial charge >= 0.3 is 149 Å². The van der Waals surface area contributed by atoms with Gasteiger partial charge in [-0.2, -0.15) is 0 Å². The van der Waals surface area contributed by atoms with Crippen molar-refractivity contribution in [2.75, 3.05) is 0 Å². The average molecular weight is 482 g/mol. The molecule has 0 fully saturated rings. The topological polar surface area (TPSA) is 139 Å². The normalized spacial score (nSPS) is 11.1. The Morgan fingerprint density at radius 1 is 1.08 bits per heavy atom. The second-order valence-corrected chi connectivity index (χ2v) is 9.45. The number of rotatable bonds is 6. The fourth-order valence-electron chi connectivity index (χ4n) is 2.29. The van der Waals surface area contributed by atoms with Crippen molar-refractivity contribution in [2.45, 2.75) is 27.2 Å². The molecular formula is C17H27IN2O4S. The van der Waals surface area contributed by atoms with Crippen molar-refractivity contribution in [3.05, 3.63) is 57.2 Å². The van der Waals surface area contributed by atoms with Gasteiger partial charge in [0.25, 0.3) is 0 Å². The molecule has 2 aromatic rings. The van der Waals surface area contributed by atoms with E-state index in [1.54, 1.807) is 0 Å². The van der Waals surface area contributed by atoms with Crippen LogP contribution in [0.3, 0.4) is 0 Å². The predicted octanol–water partition coefficient (Wildman–Crippen LogP) is 1.26. The number of quaternary nitrogens is 2. The number of hydrogen-bond donors (Lipinski definition) is 2. The smallest absolute Gasteiger partial charge is 0.369 e. The van der Waals surface area contributed by atoms with Gasteiger partial charge in [0.1, 0.15) is 0 Å². The molecule has 0 aliphatic carbocycles. The SMILES string of the molecule is Cc1ccc([I-]OS(=O)(=O)[O-])c(-c2ccc(CC(C)C)cc2)c1.[NH4+].[NH4+]. The molecule has 0 unspecified atom stereocenters. The van der Waals surface area contributed by atoms with E-state index in [1.165, 1.54) is 5.56 Å². The van der Waals surface area contributed by atoms with Gasteiger partial charge in [-0.05, 0) is 0 Å². The monoisotopic (exact) mass is 482 g/mol. The van der Waals surface area contributed by atoms with E-state index < -0.39 is 32.0 Å². The fourth-order valence-corrected chi connectivity index (χ4v) is 4.71. The number of benzene rings is 2. The summed E-state index contributed by atoms with van der Waals surface area (Å²) in [6, 6.07) is 14.0. The molecule has 0 heterocycles. The molecule has 0 radical (unpaired) electrons. The van der Waals surface area contributed by atoms with Gasteiger partial charge in [0, 0.05) is 0 Å². The molecule has 0 saturated heterocycles. The van der Waals surface area contributed by atoms with Crippen molar-refractivity contribution >= 4 is 10.4 Å². The third-order valence-electron chi connectivity index (χ3n) is 3.22. The van der Waals surface area contributed by atoms with E-state index >= 15 is 0 Å². The molecule has 8 heteroatoms. The van der Waals surface area contributed by atoms with Crippen molar-refractivity contribution in [3.63, 3.8) is 0 Å². The van der Waals surface area contributed by atoms with Crippen molar-refractivity contribution in [1.29, 1.82) is 0 Å². The molecule has 0 bridgehead atoms. The fraction of sp³-hybridized carbons (Fsp3) is 0.294. The molecular weight excluding hydrogens is 455 g/mol. The third-order valence-corrected chi connectivity index (χ3v) is 6.72. The number of aryl methyl sites for hydroxylation is 1. The summed E-state index contributed by atoms with van der Waals surface area (Å²) in [5.74, 6) is 0.594. The molecule has 0 spiro atoms. The summed E-state index contributed by atoms with van der Waals surface area (Å²) in [6.45, 7) is 6.33. The van der Waals surface area contributed by atoms with E-state index in [0.29, 0.717) is 5.92 Å². The summed E-state index contributed by atoms with van der Waals surface area (Å²) >= 11 is -1.35. The van der Waals surface area contributed by atoms with Crippen LogP contribution < -0.4 is 33.9 Å². The minimum Gasteiger partial charge on any atom is -0.369 e. The minimum absolute atomic E-state index is 0. The molecule has 0 amide bonds. The van der Waals surface area contributed by atoms with Crippen LogP contribution in [0, 0.1) is 16.4 Å². The van der Waals surface area contributed by atoms with Crippen LogP contribution in [0.25, 0.3) is 11.1 Å². The Kier molecular flexibility index (Phi) is 9.77. The molecule has 142 valence electrons. The van der Waals surface area contributed by atoms with Gasteiger partial charge in [-0.15, -0.1) is 0 Å². The summed E-state index contributed by atoms with van der Waals surface area (Å²) in [5.41, 5.74) is 4.27. The predicted molar refractivity (Wildman–Crippen MR) is 96.6 cm³/mol. The standard InChI is InChI=1S/C17H20IO4S.2H3N/c1-12(2)10-14-5-7-15(8-6-14)16-11-13(3)4-9-17(16)18-22-23(19,20)21;;/h4-9,11-12H,10H2,1-3H3,(H,19,20,21);2*1H3/q-1;;/p+1. The maximum absolute atomic E-state index is 10.7. The summed E-state index contributed by atoms with van der Waals surface area (Å²) in [5, 5.41) is 0. The zero-order valence-corrected chi connectivity index (χ0v) is 18.2. The van der Waals surface area contributed by atoms with Gasteiger partial charge in [0.2, 0.25) is 0 Å². The van der Waals surface area contributed by atoms with E-state index in [4.69, 9.17) is 0 Å². The molecule has 0 atom stereocenters. The van der Waals surface area contributed by atoms with Crippen LogP contribution >= 0.6 is 0 Å². The molecule has 2 rings (SSSR count). The summed E-state index contributed by atoms with van der Waals surface area (Å²) < 4.78 is 37.5. The molecule has 8 N–H and O–H groups in total. The van der Waals surface area contributed by atoms with Crippen molar-refractivity contribution < 1.29 is 37.1 Å². The quantitative estimate of drug-likeness (QED) is 0.364. The van der Waals surface area contributed by atoms with Crippen molar-refractivity contribution in [3.8, 4) is 11.1 Å². The Morgan fingerprint density at radius 2 is 1.68 bits per heavy atom. The Balaban J connectivity index is 0.00000288. The average Bonchev–Trinajstić information content (AvgIpc) is 2.45. The Hall–Kier alpha value is -1.04. The first-order valence-electron chi connectivity index (χ1n) is 7.24. The molecule has 6 nitrogen and oxygen atoms in total. The molecule has 25 heavy (non-hydrogen) atoms. The van der Waals surface area contributed by atoms with Gasteiger partial charge in [0.05, 0.1) is 0 Å². The summed E-state index contributed by atoms with van der Waals surface area (Å²) in [6.07, 6.45) is 1.02. The molecule has 0 aliphatic heterocycles. The van der Waals surface area contributed by atoms with Crippen molar-refractivity contribution in [2.24, 2.45) is 5.92 Å². The zero-order valence-electron chi connectivity index (χ0n) is 15.2. The molecule has 0 aliphatic rings. The van der Waals surface area contributed by atoms with Gasteiger partial charge in [-0.3, -0.25) is 0 Å². The maximum Gasteiger partial charge on any atom is -0.369 e. The van der Waals surface area contributed by atoms with Crippen molar-refractivity contribution in [1.82, 2.24) is 12.3 Å². The van der Waals surface area contributed by atoms with Crippen LogP contribution in [0.4, 0.5) is 0 Å². The third kappa shape index (κ3) is 7.80. The largest absolute Gasteiger partial charge is 0.369 e. The van der Waals surface area contributed by atoms with Crippen LogP contribution in [0.5, 0.6) is 0 Å². The molecule has 0 aromatic heterocycles. The first kappa shape index (κ1) is 24.0. The minimum atomic E-state index is -4.65. The van der Waals surface area contributed by atoms with Gasteiger partial charge in [-0.1, -0.05) is 0 Å². The maximum atomic E-state index is 10.7. The second kappa shape index (κ2) is 10.2. The summed E-state index contributed by atoms with van der Waals surface area (Å²) in [7, 11) is -4.65. The van der Waals surface area contributed by atoms with Gasteiger partial charge in [0.15, 0.2) is 0 Å². The van der Waals surface area contributed by atoms with E-state index in [9.17, 15) is 13.0 Å². The van der Waals surface area contributed by atoms with E-state index in [0.717, 1.165) is 26.7 Å². The van der Waals surface area contributed by atoms with Crippen LogP contribution in [0.1, 0.15) is 25.0 Å². The number of hydrogen-bond acceptors (Lipinski definition) is 4. The van der Waals surface area contributed by atoms with Crippen LogP contribution in [-0.2, 0) is 19.3 Å². The second-order valence-electron chi connectivity index (χ2n) is 5.83. The molecule has 2 aromatic carbocycles. The van der Waals surface area contributed by atoms with Crippen LogP contribution in [0.15, 0.2) is 42.5 Å². The first-order chi connectivity index (χ1) is 10.7. The van der Waals surface area contributed by atoms with Gasteiger partial charge in [-0.25, -0.2) is 0 Å². The van der Waals surface area contributed by atoms with Crippen LogP contribution in [-0.4, -0.2) is 13.0 Å². The van der Waals surface area contributed by atoms with Gasteiger partial charge < -0.3 is 12.3 Å². The first-order valence-corrected chi connectivity index (χ1v) is 10.5.